The minimum Gasteiger partial charge on any atom is -0.497 e. The molecule has 0 aliphatic carbocycles. The standard InChI is InChI=1S/C28H28N5O5P/c1-37-23-14-12-22(13-15-23)28(20-8-4-2-5-9-20,21-10-6-3-7-11-21)27-31-25(29)24-26(32-27)33(18-30-24)16-17-38-19-39(34,35)36/h2-15,18H,16-17,19H2,1H3,(H2,29,31,32)(H2,34,35,36). The van der Waals surface area contributed by atoms with Crippen LogP contribution in [0.4, 0.5) is 5.82 Å². The van der Waals surface area contributed by atoms with Crippen LogP contribution in [0, 0.1) is 0 Å². The Labute approximate surface area is 225 Å². The molecule has 0 radical (unpaired) electrons. The number of fused-ring (bicyclic) bond motifs is 1. The smallest absolute Gasteiger partial charge is 0.350 e. The third-order valence-corrected chi connectivity index (χ3v) is 7.02. The van der Waals surface area contributed by atoms with Gasteiger partial charge in [0.1, 0.15) is 23.0 Å². The highest BCUT2D eigenvalue weighted by Crippen LogP contribution is 2.44. The van der Waals surface area contributed by atoms with Crippen LogP contribution < -0.4 is 10.5 Å². The van der Waals surface area contributed by atoms with Gasteiger partial charge in [0.25, 0.3) is 0 Å². The molecular weight excluding hydrogens is 517 g/mol. The summed E-state index contributed by atoms with van der Waals surface area (Å²) < 4.78 is 23.5. The number of hydrogen-bond donors (Lipinski definition) is 3. The highest BCUT2D eigenvalue weighted by Gasteiger charge is 2.42. The largest absolute Gasteiger partial charge is 0.497 e. The van der Waals surface area contributed by atoms with Crippen LogP contribution in [0.3, 0.4) is 0 Å². The summed E-state index contributed by atoms with van der Waals surface area (Å²) in [6, 6.07) is 27.7. The number of methoxy groups -OCH3 is 1. The van der Waals surface area contributed by atoms with Crippen molar-refractivity contribution >= 4 is 24.6 Å². The Kier molecular flexibility index (Phi) is 7.45. The number of imidazole rings is 1. The Morgan fingerprint density at radius 3 is 2.05 bits per heavy atom. The average Bonchev–Trinajstić information content (AvgIpc) is 3.36. The van der Waals surface area contributed by atoms with Crippen LogP contribution in [0.25, 0.3) is 11.2 Å². The summed E-state index contributed by atoms with van der Waals surface area (Å²) in [5.74, 6) is 1.39. The van der Waals surface area contributed by atoms with E-state index in [2.05, 4.69) is 4.98 Å². The van der Waals surface area contributed by atoms with Crippen molar-refractivity contribution in [2.45, 2.75) is 12.0 Å². The number of anilines is 1. The summed E-state index contributed by atoms with van der Waals surface area (Å²) in [7, 11) is -2.64. The Bertz CT molecular complexity index is 1570. The van der Waals surface area contributed by atoms with Gasteiger partial charge in [0.05, 0.1) is 20.0 Å². The van der Waals surface area contributed by atoms with Crippen molar-refractivity contribution in [3.8, 4) is 5.75 Å². The molecule has 0 saturated carbocycles. The lowest BCUT2D eigenvalue weighted by Crippen LogP contribution is -2.33. The normalized spacial score (nSPS) is 12.1. The second-order valence-corrected chi connectivity index (χ2v) is 10.5. The summed E-state index contributed by atoms with van der Waals surface area (Å²) >= 11 is 0. The van der Waals surface area contributed by atoms with E-state index in [1.54, 1.807) is 18.0 Å². The number of nitrogens with zero attached hydrogens (tertiary/aromatic N) is 4. The highest BCUT2D eigenvalue weighted by atomic mass is 31.2. The summed E-state index contributed by atoms with van der Waals surface area (Å²) in [5, 5.41) is 0. The first kappa shape index (κ1) is 26.5. The van der Waals surface area contributed by atoms with E-state index in [4.69, 9.17) is 35.0 Å². The predicted octanol–water partition coefficient (Wildman–Crippen LogP) is 3.95. The van der Waals surface area contributed by atoms with Crippen molar-refractivity contribution in [2.24, 2.45) is 0 Å². The molecule has 2 aromatic heterocycles. The molecule has 10 nitrogen and oxygen atoms in total. The van der Waals surface area contributed by atoms with E-state index in [0.29, 0.717) is 17.0 Å². The second kappa shape index (κ2) is 11.0. The van der Waals surface area contributed by atoms with E-state index in [0.717, 1.165) is 22.4 Å². The molecule has 5 rings (SSSR count). The monoisotopic (exact) mass is 545 g/mol. The molecule has 200 valence electrons. The van der Waals surface area contributed by atoms with Gasteiger partial charge in [-0.25, -0.2) is 15.0 Å². The SMILES string of the molecule is COc1ccc(C(c2ccccc2)(c2ccccc2)c2nc(N)c3ncn(CCOCP(=O)(O)O)c3n2)cc1. The first-order valence-electron chi connectivity index (χ1n) is 12.2. The van der Waals surface area contributed by atoms with Gasteiger partial charge in [-0.1, -0.05) is 72.8 Å². The number of nitrogens with two attached hydrogens (primary N) is 1. The highest BCUT2D eigenvalue weighted by molar-refractivity contribution is 7.51. The first-order valence-corrected chi connectivity index (χ1v) is 14.0. The van der Waals surface area contributed by atoms with Crippen LogP contribution in [0.5, 0.6) is 5.75 Å². The lowest BCUT2D eigenvalue weighted by molar-refractivity contribution is 0.149. The fraction of sp³-hybridized carbons (Fsp3) is 0.179. The molecule has 0 spiro atoms. The van der Waals surface area contributed by atoms with Gasteiger partial charge in [-0.05, 0) is 28.8 Å². The fourth-order valence-electron chi connectivity index (χ4n) is 4.75. The van der Waals surface area contributed by atoms with Crippen LogP contribution in [-0.4, -0.2) is 49.4 Å². The minimum atomic E-state index is -4.27. The quantitative estimate of drug-likeness (QED) is 0.135. The Hall–Kier alpha value is -4.08. The van der Waals surface area contributed by atoms with Crippen LogP contribution >= 0.6 is 7.60 Å². The number of benzene rings is 3. The van der Waals surface area contributed by atoms with Crippen molar-refractivity contribution < 1.29 is 23.8 Å². The van der Waals surface area contributed by atoms with Gasteiger partial charge in [0.2, 0.25) is 0 Å². The number of rotatable bonds is 10. The molecule has 0 aliphatic heterocycles. The van der Waals surface area contributed by atoms with E-state index in [9.17, 15) is 4.57 Å². The van der Waals surface area contributed by atoms with Gasteiger partial charge in [-0.15, -0.1) is 0 Å². The summed E-state index contributed by atoms with van der Waals surface area (Å²) in [5.41, 5.74) is 9.25. The maximum atomic E-state index is 11.2. The molecule has 4 N–H and O–H groups in total. The van der Waals surface area contributed by atoms with E-state index >= 15 is 0 Å². The second-order valence-electron chi connectivity index (χ2n) is 8.96. The zero-order valence-corrected chi connectivity index (χ0v) is 22.1. The third-order valence-electron chi connectivity index (χ3n) is 6.50. The van der Waals surface area contributed by atoms with Crippen LogP contribution in [0.15, 0.2) is 91.3 Å². The first-order chi connectivity index (χ1) is 18.8. The lowest BCUT2D eigenvalue weighted by Gasteiger charge is -2.34. The lowest BCUT2D eigenvalue weighted by atomic mass is 9.68. The van der Waals surface area contributed by atoms with E-state index in [1.807, 2.05) is 84.9 Å². The molecule has 39 heavy (non-hydrogen) atoms. The molecular formula is C28H28N5O5P. The van der Waals surface area contributed by atoms with Crippen molar-refractivity contribution in [3.63, 3.8) is 0 Å². The van der Waals surface area contributed by atoms with Gasteiger partial charge < -0.3 is 29.6 Å². The van der Waals surface area contributed by atoms with Gasteiger partial charge >= 0.3 is 7.60 Å². The molecule has 0 aliphatic rings. The van der Waals surface area contributed by atoms with Crippen molar-refractivity contribution in [3.05, 3.63) is 114 Å². The Morgan fingerprint density at radius 2 is 1.49 bits per heavy atom. The van der Waals surface area contributed by atoms with E-state index in [1.165, 1.54) is 0 Å². The zero-order chi connectivity index (χ0) is 27.5. The number of aromatic nitrogens is 4. The van der Waals surface area contributed by atoms with Crippen molar-refractivity contribution in [1.82, 2.24) is 19.5 Å². The molecule has 11 heteroatoms. The molecule has 3 aromatic carbocycles. The number of ether oxygens (including phenoxy) is 2. The van der Waals surface area contributed by atoms with Crippen molar-refractivity contribution in [1.29, 1.82) is 0 Å². The topological polar surface area (TPSA) is 146 Å². The van der Waals surface area contributed by atoms with Crippen LogP contribution in [0.2, 0.25) is 0 Å². The summed E-state index contributed by atoms with van der Waals surface area (Å²) in [6.45, 7) is 0.315. The van der Waals surface area contributed by atoms with E-state index < -0.39 is 19.4 Å². The van der Waals surface area contributed by atoms with Gasteiger partial charge in [0.15, 0.2) is 17.3 Å². The van der Waals surface area contributed by atoms with Crippen molar-refractivity contribution in [2.75, 3.05) is 25.8 Å². The molecule has 0 unspecified atom stereocenters. The summed E-state index contributed by atoms with van der Waals surface area (Å²) in [6.07, 6.45) is 0.908. The van der Waals surface area contributed by atoms with Gasteiger partial charge in [-0.2, -0.15) is 0 Å². The maximum absolute atomic E-state index is 11.2. The average molecular weight is 546 g/mol. The predicted molar refractivity (Wildman–Crippen MR) is 147 cm³/mol. The molecule has 0 fully saturated rings. The molecule has 0 atom stereocenters. The molecule has 0 amide bonds. The van der Waals surface area contributed by atoms with Crippen LogP contribution in [0.1, 0.15) is 22.5 Å². The Morgan fingerprint density at radius 1 is 0.897 bits per heavy atom. The molecule has 0 bridgehead atoms. The fourth-order valence-corrected chi connectivity index (χ4v) is 5.12. The molecule has 5 aromatic rings. The Balaban J connectivity index is 1.73. The number of nitrogen functional groups attached to an aromatic ring is 1. The maximum Gasteiger partial charge on any atom is 0.350 e. The van der Waals surface area contributed by atoms with Crippen LogP contribution in [-0.2, 0) is 21.3 Å². The van der Waals surface area contributed by atoms with E-state index in [-0.39, 0.29) is 19.0 Å². The van der Waals surface area contributed by atoms with Gasteiger partial charge in [0, 0.05) is 6.54 Å². The third kappa shape index (κ3) is 5.28. The number of hydrogen-bond acceptors (Lipinski definition) is 7. The minimum absolute atomic E-state index is 0.0524. The summed E-state index contributed by atoms with van der Waals surface area (Å²) in [4.78, 5) is 32.4. The molecule has 0 saturated heterocycles. The zero-order valence-electron chi connectivity index (χ0n) is 21.2. The molecule has 2 heterocycles. The van der Waals surface area contributed by atoms with Gasteiger partial charge in [-0.3, -0.25) is 4.57 Å².